The lowest BCUT2D eigenvalue weighted by molar-refractivity contribution is -0.387. The number of nitro groups is 1. The Hall–Kier alpha value is -1.67. The number of rotatable bonds is 3. The van der Waals surface area contributed by atoms with Gasteiger partial charge in [0.05, 0.1) is 4.92 Å². The van der Waals surface area contributed by atoms with Crippen LogP contribution >= 0.6 is 0 Å². The molecule has 1 aliphatic rings. The molecule has 8 heteroatoms. The van der Waals surface area contributed by atoms with E-state index in [0.717, 1.165) is 18.9 Å². The monoisotopic (exact) mass is 271 g/mol. The Morgan fingerprint density at radius 1 is 1.28 bits per heavy atom. The van der Waals surface area contributed by atoms with Gasteiger partial charge in [0.15, 0.2) is 4.90 Å². The average molecular weight is 271 g/mol. The van der Waals surface area contributed by atoms with Gasteiger partial charge < -0.3 is 5.73 Å². The number of sulfonamides is 1. The molecule has 0 aliphatic carbocycles. The zero-order valence-electron chi connectivity index (χ0n) is 9.57. The van der Waals surface area contributed by atoms with Crippen LogP contribution in [-0.4, -0.2) is 30.7 Å². The van der Waals surface area contributed by atoms with Crippen LogP contribution < -0.4 is 5.73 Å². The zero-order chi connectivity index (χ0) is 13.3. The van der Waals surface area contributed by atoms with E-state index in [-0.39, 0.29) is 10.6 Å². The van der Waals surface area contributed by atoms with Crippen molar-refractivity contribution >= 4 is 21.4 Å². The van der Waals surface area contributed by atoms with E-state index in [4.69, 9.17) is 5.73 Å². The molecule has 7 nitrogen and oxygen atoms in total. The molecule has 0 unspecified atom stereocenters. The summed E-state index contributed by atoms with van der Waals surface area (Å²) in [6.07, 6.45) is 1.56. The maximum atomic E-state index is 12.3. The van der Waals surface area contributed by atoms with Crippen molar-refractivity contribution < 1.29 is 13.3 Å². The molecule has 0 amide bonds. The highest BCUT2D eigenvalue weighted by molar-refractivity contribution is 7.89. The van der Waals surface area contributed by atoms with Crippen LogP contribution in [0, 0.1) is 10.1 Å². The second-order valence-corrected chi connectivity index (χ2v) is 6.00. The molecule has 1 aliphatic heterocycles. The normalized spacial score (nSPS) is 16.9. The molecule has 1 heterocycles. The number of nitrogen functional groups attached to an aromatic ring is 1. The van der Waals surface area contributed by atoms with Gasteiger partial charge in [-0.3, -0.25) is 10.1 Å². The lowest BCUT2D eigenvalue weighted by Crippen LogP contribution is -2.28. The van der Waals surface area contributed by atoms with E-state index in [1.165, 1.54) is 16.4 Å². The molecule has 0 saturated carbocycles. The molecular formula is C10H13N3O4S. The summed E-state index contributed by atoms with van der Waals surface area (Å²) in [5.41, 5.74) is 5.15. The van der Waals surface area contributed by atoms with Crippen LogP contribution in [0.3, 0.4) is 0 Å². The van der Waals surface area contributed by atoms with E-state index in [0.29, 0.717) is 13.1 Å². The summed E-state index contributed by atoms with van der Waals surface area (Å²) < 4.78 is 25.8. The Bertz CT molecular complexity index is 579. The third-order valence-corrected chi connectivity index (χ3v) is 4.81. The molecule has 1 aromatic rings. The van der Waals surface area contributed by atoms with Crippen molar-refractivity contribution in [2.75, 3.05) is 18.8 Å². The topological polar surface area (TPSA) is 107 Å². The zero-order valence-corrected chi connectivity index (χ0v) is 10.4. The van der Waals surface area contributed by atoms with Gasteiger partial charge in [-0.1, -0.05) is 0 Å². The number of benzene rings is 1. The van der Waals surface area contributed by atoms with Gasteiger partial charge in [-0.15, -0.1) is 0 Å². The maximum absolute atomic E-state index is 12.3. The van der Waals surface area contributed by atoms with Crippen LogP contribution in [0.4, 0.5) is 11.4 Å². The molecule has 2 N–H and O–H groups in total. The van der Waals surface area contributed by atoms with E-state index >= 15 is 0 Å². The molecular weight excluding hydrogens is 258 g/mol. The minimum Gasteiger partial charge on any atom is -0.399 e. The van der Waals surface area contributed by atoms with E-state index in [2.05, 4.69) is 0 Å². The predicted molar refractivity (Wildman–Crippen MR) is 65.5 cm³/mol. The van der Waals surface area contributed by atoms with Crippen LogP contribution in [0.1, 0.15) is 12.8 Å². The molecule has 0 aromatic heterocycles. The summed E-state index contributed by atoms with van der Waals surface area (Å²) in [6.45, 7) is 0.813. The number of hydrogen-bond donors (Lipinski definition) is 1. The summed E-state index contributed by atoms with van der Waals surface area (Å²) >= 11 is 0. The Morgan fingerprint density at radius 2 is 1.89 bits per heavy atom. The fourth-order valence-electron chi connectivity index (χ4n) is 1.96. The first-order valence-corrected chi connectivity index (χ1v) is 6.91. The van der Waals surface area contributed by atoms with E-state index in [9.17, 15) is 18.5 Å². The van der Waals surface area contributed by atoms with Gasteiger partial charge in [0, 0.05) is 24.8 Å². The summed E-state index contributed by atoms with van der Waals surface area (Å²) in [5.74, 6) is 0. The highest BCUT2D eigenvalue weighted by Crippen LogP contribution is 2.30. The van der Waals surface area contributed by atoms with Crippen molar-refractivity contribution in [3.8, 4) is 0 Å². The van der Waals surface area contributed by atoms with Crippen molar-refractivity contribution in [1.29, 1.82) is 0 Å². The smallest absolute Gasteiger partial charge is 0.291 e. The highest BCUT2D eigenvalue weighted by atomic mass is 32.2. The van der Waals surface area contributed by atoms with E-state index in [1.807, 2.05) is 0 Å². The standard InChI is InChI=1S/C10H13N3O4S/c11-8-3-4-10(9(7-8)13(14)15)18(16,17)12-5-1-2-6-12/h3-4,7H,1-2,5-6,11H2. The fraction of sp³-hybridized carbons (Fsp3) is 0.400. The minimum absolute atomic E-state index is 0.169. The largest absolute Gasteiger partial charge is 0.399 e. The van der Waals surface area contributed by atoms with Crippen LogP contribution in [0.2, 0.25) is 0 Å². The van der Waals surface area contributed by atoms with Crippen molar-refractivity contribution in [2.24, 2.45) is 0 Å². The Labute approximate surface area is 104 Å². The molecule has 0 radical (unpaired) electrons. The summed E-state index contributed by atoms with van der Waals surface area (Å²) in [5, 5.41) is 10.9. The molecule has 0 bridgehead atoms. The van der Waals surface area contributed by atoms with E-state index < -0.39 is 20.6 Å². The lowest BCUT2D eigenvalue weighted by atomic mass is 10.3. The number of nitro benzene ring substituents is 1. The second kappa shape index (κ2) is 4.54. The Kier molecular flexibility index (Phi) is 3.22. The van der Waals surface area contributed by atoms with Gasteiger partial charge in [0.2, 0.25) is 10.0 Å². The van der Waals surface area contributed by atoms with E-state index in [1.54, 1.807) is 0 Å². The average Bonchev–Trinajstić information content (AvgIpc) is 2.82. The minimum atomic E-state index is -3.80. The quantitative estimate of drug-likeness (QED) is 0.500. The fourth-order valence-corrected chi connectivity index (χ4v) is 3.62. The SMILES string of the molecule is Nc1ccc(S(=O)(=O)N2CCCC2)c([N+](=O)[O-])c1. The van der Waals surface area contributed by atoms with Gasteiger partial charge in [-0.05, 0) is 25.0 Å². The van der Waals surface area contributed by atoms with Crippen molar-refractivity contribution in [3.63, 3.8) is 0 Å². The first kappa shape index (κ1) is 12.8. The van der Waals surface area contributed by atoms with Gasteiger partial charge in [-0.2, -0.15) is 4.31 Å². The first-order chi connectivity index (χ1) is 8.43. The Morgan fingerprint density at radius 3 is 2.44 bits per heavy atom. The molecule has 1 saturated heterocycles. The lowest BCUT2D eigenvalue weighted by Gasteiger charge is -2.15. The van der Waals surface area contributed by atoms with Gasteiger partial charge in [0.25, 0.3) is 5.69 Å². The maximum Gasteiger partial charge on any atom is 0.291 e. The van der Waals surface area contributed by atoms with Crippen LogP contribution in [-0.2, 0) is 10.0 Å². The third kappa shape index (κ3) is 2.16. The van der Waals surface area contributed by atoms with Gasteiger partial charge in [0.1, 0.15) is 0 Å². The van der Waals surface area contributed by atoms with Crippen molar-refractivity contribution in [2.45, 2.75) is 17.7 Å². The molecule has 0 spiro atoms. The third-order valence-electron chi connectivity index (χ3n) is 2.86. The highest BCUT2D eigenvalue weighted by Gasteiger charge is 2.33. The molecule has 1 fully saturated rings. The number of hydrogen-bond acceptors (Lipinski definition) is 5. The number of anilines is 1. The molecule has 18 heavy (non-hydrogen) atoms. The molecule has 1 aromatic carbocycles. The number of nitrogens with two attached hydrogens (primary N) is 1. The Balaban J connectivity index is 2.53. The predicted octanol–water partition coefficient (Wildman–Crippen LogP) is 0.962. The van der Waals surface area contributed by atoms with Crippen LogP contribution in [0.25, 0.3) is 0 Å². The van der Waals surface area contributed by atoms with Crippen molar-refractivity contribution in [1.82, 2.24) is 4.31 Å². The van der Waals surface area contributed by atoms with Crippen LogP contribution in [0.15, 0.2) is 23.1 Å². The van der Waals surface area contributed by atoms with Crippen LogP contribution in [0.5, 0.6) is 0 Å². The number of nitrogens with zero attached hydrogens (tertiary/aromatic N) is 2. The summed E-state index contributed by atoms with van der Waals surface area (Å²) in [4.78, 5) is 9.89. The molecule has 2 rings (SSSR count). The molecule has 0 atom stereocenters. The summed E-state index contributed by atoms with van der Waals surface area (Å²) in [6, 6.07) is 3.63. The molecule has 98 valence electrons. The van der Waals surface area contributed by atoms with Gasteiger partial charge in [-0.25, -0.2) is 8.42 Å². The summed E-state index contributed by atoms with van der Waals surface area (Å²) in [7, 11) is -3.80. The van der Waals surface area contributed by atoms with Crippen molar-refractivity contribution in [3.05, 3.63) is 28.3 Å². The first-order valence-electron chi connectivity index (χ1n) is 5.47. The second-order valence-electron chi connectivity index (χ2n) is 4.10. The van der Waals surface area contributed by atoms with Gasteiger partial charge >= 0.3 is 0 Å².